The summed E-state index contributed by atoms with van der Waals surface area (Å²) in [6.07, 6.45) is 0. The van der Waals surface area contributed by atoms with Crippen LogP contribution >= 0.6 is 11.3 Å². The smallest absolute Gasteiger partial charge is 0.378 e. The van der Waals surface area contributed by atoms with Crippen LogP contribution in [-0.4, -0.2) is 35.3 Å². The first-order valence-corrected chi connectivity index (χ1v) is 10.5. The second-order valence-electron chi connectivity index (χ2n) is 6.87. The Morgan fingerprint density at radius 3 is 2.47 bits per heavy atom. The van der Waals surface area contributed by atoms with E-state index in [-0.39, 0.29) is 18.0 Å². The lowest BCUT2D eigenvalue weighted by Crippen LogP contribution is -2.14. The zero-order valence-corrected chi connectivity index (χ0v) is 17.7. The van der Waals surface area contributed by atoms with Gasteiger partial charge in [0, 0.05) is 17.3 Å². The Morgan fingerprint density at radius 2 is 1.72 bits per heavy atom. The van der Waals surface area contributed by atoms with E-state index in [4.69, 9.17) is 4.74 Å². The van der Waals surface area contributed by atoms with E-state index < -0.39 is 5.97 Å². The number of fused-ring (bicyclic) bond motifs is 1. The SMILES string of the molecule is Cc1cc(=O)n2nc(COC(=O)c3nc(-c4ccccc4)n(-c4ccccc4)n3)sc2n1. The molecule has 3 aromatic heterocycles. The van der Waals surface area contributed by atoms with Gasteiger partial charge in [-0.1, -0.05) is 59.9 Å². The lowest BCUT2D eigenvalue weighted by molar-refractivity contribution is 0.0457. The van der Waals surface area contributed by atoms with Crippen molar-refractivity contribution in [3.05, 3.63) is 93.6 Å². The predicted molar refractivity (Wildman–Crippen MR) is 118 cm³/mol. The third-order valence-corrected chi connectivity index (χ3v) is 5.45. The zero-order chi connectivity index (χ0) is 22.1. The summed E-state index contributed by atoms with van der Waals surface area (Å²) in [6.45, 7) is 1.62. The number of hydrogen-bond donors (Lipinski definition) is 0. The zero-order valence-electron chi connectivity index (χ0n) is 16.9. The Balaban J connectivity index is 1.43. The van der Waals surface area contributed by atoms with Gasteiger partial charge in [0.1, 0.15) is 6.61 Å². The highest BCUT2D eigenvalue weighted by Crippen LogP contribution is 2.21. The van der Waals surface area contributed by atoms with Crippen LogP contribution in [0.25, 0.3) is 22.0 Å². The van der Waals surface area contributed by atoms with Crippen molar-refractivity contribution in [2.45, 2.75) is 13.5 Å². The molecule has 5 aromatic rings. The van der Waals surface area contributed by atoms with Crippen LogP contribution in [0.3, 0.4) is 0 Å². The van der Waals surface area contributed by atoms with Crippen LogP contribution in [0.4, 0.5) is 0 Å². The molecule has 0 aliphatic rings. The summed E-state index contributed by atoms with van der Waals surface area (Å²) < 4.78 is 8.18. The number of esters is 1. The molecule has 0 bridgehead atoms. The summed E-state index contributed by atoms with van der Waals surface area (Å²) in [5, 5.41) is 9.00. The van der Waals surface area contributed by atoms with Crippen LogP contribution in [-0.2, 0) is 11.3 Å². The quantitative estimate of drug-likeness (QED) is 0.384. The maximum absolute atomic E-state index is 12.7. The van der Waals surface area contributed by atoms with Gasteiger partial charge in [0.15, 0.2) is 10.8 Å². The number of ether oxygens (including phenoxy) is 1. The number of carbonyl (C=O) groups is 1. The van der Waals surface area contributed by atoms with E-state index in [1.165, 1.54) is 21.9 Å². The minimum absolute atomic E-state index is 0.0695. The van der Waals surface area contributed by atoms with Crippen LogP contribution < -0.4 is 5.56 Å². The molecule has 0 aliphatic carbocycles. The van der Waals surface area contributed by atoms with E-state index in [0.29, 0.717) is 21.5 Å². The summed E-state index contributed by atoms with van der Waals surface area (Å²) in [7, 11) is 0. The highest BCUT2D eigenvalue weighted by Gasteiger charge is 2.20. The number of benzene rings is 2. The van der Waals surface area contributed by atoms with E-state index in [2.05, 4.69) is 20.2 Å². The number of carbonyl (C=O) groups excluding carboxylic acids is 1. The second-order valence-corrected chi connectivity index (χ2v) is 7.91. The Kier molecular flexibility index (Phi) is 5.04. The number of hydrogen-bond acceptors (Lipinski definition) is 8. The summed E-state index contributed by atoms with van der Waals surface area (Å²) in [5.41, 5.74) is 1.91. The monoisotopic (exact) mass is 444 g/mol. The molecule has 0 aliphatic heterocycles. The molecule has 9 nitrogen and oxygen atoms in total. The van der Waals surface area contributed by atoms with E-state index in [9.17, 15) is 9.59 Å². The molecular formula is C22H16N6O3S. The van der Waals surface area contributed by atoms with Crippen LogP contribution in [0.15, 0.2) is 71.5 Å². The first kappa shape index (κ1) is 19.8. The number of aromatic nitrogens is 6. The molecule has 0 saturated carbocycles. The molecule has 0 amide bonds. The minimum atomic E-state index is -0.687. The fourth-order valence-electron chi connectivity index (χ4n) is 3.13. The molecule has 0 saturated heterocycles. The van der Waals surface area contributed by atoms with Crippen molar-refractivity contribution < 1.29 is 9.53 Å². The molecule has 0 atom stereocenters. The van der Waals surface area contributed by atoms with Gasteiger partial charge in [-0.25, -0.2) is 19.4 Å². The van der Waals surface area contributed by atoms with Crippen molar-refractivity contribution in [2.75, 3.05) is 0 Å². The average molecular weight is 444 g/mol. The molecule has 0 spiro atoms. The van der Waals surface area contributed by atoms with Crippen molar-refractivity contribution in [3.8, 4) is 17.1 Å². The van der Waals surface area contributed by atoms with Gasteiger partial charge in [-0.2, -0.15) is 9.61 Å². The molecule has 5 rings (SSSR count). The van der Waals surface area contributed by atoms with Gasteiger partial charge in [0.2, 0.25) is 4.96 Å². The number of aryl methyl sites for hydroxylation is 1. The lowest BCUT2D eigenvalue weighted by Gasteiger charge is -2.05. The number of nitrogens with zero attached hydrogens (tertiary/aromatic N) is 6. The maximum Gasteiger partial charge on any atom is 0.378 e. The standard InChI is InChI=1S/C22H16N6O3S/c1-14-12-18(29)28-22(23-14)32-17(25-28)13-31-21(30)19-24-20(15-8-4-2-5-9-15)27(26-19)16-10-6-3-7-11-16/h2-12H,13H2,1H3. The molecule has 0 unspecified atom stereocenters. The molecule has 0 radical (unpaired) electrons. The van der Waals surface area contributed by atoms with Crippen LogP contribution in [0.2, 0.25) is 0 Å². The first-order chi connectivity index (χ1) is 15.6. The first-order valence-electron chi connectivity index (χ1n) is 9.70. The fourth-order valence-corrected chi connectivity index (χ4v) is 3.99. The highest BCUT2D eigenvalue weighted by atomic mass is 32.1. The molecular weight excluding hydrogens is 428 g/mol. The second kappa shape index (κ2) is 8.16. The van der Waals surface area contributed by atoms with Gasteiger partial charge >= 0.3 is 5.97 Å². The molecule has 10 heteroatoms. The average Bonchev–Trinajstić information content (AvgIpc) is 3.43. The lowest BCUT2D eigenvalue weighted by atomic mass is 10.2. The van der Waals surface area contributed by atoms with Crippen molar-refractivity contribution in [1.82, 2.24) is 29.4 Å². The van der Waals surface area contributed by atoms with E-state index in [1.54, 1.807) is 11.6 Å². The van der Waals surface area contributed by atoms with Gasteiger partial charge in [-0.15, -0.1) is 5.10 Å². The summed E-state index contributed by atoms with van der Waals surface area (Å²) in [4.78, 5) is 33.9. The number of para-hydroxylation sites is 1. The predicted octanol–water partition coefficient (Wildman–Crippen LogP) is 3.06. The Hall–Kier alpha value is -4.18. The maximum atomic E-state index is 12.7. The third kappa shape index (κ3) is 3.79. The van der Waals surface area contributed by atoms with E-state index in [0.717, 1.165) is 11.3 Å². The van der Waals surface area contributed by atoms with Gasteiger partial charge in [0.05, 0.1) is 5.69 Å². The van der Waals surface area contributed by atoms with Crippen molar-refractivity contribution in [1.29, 1.82) is 0 Å². The van der Waals surface area contributed by atoms with E-state index >= 15 is 0 Å². The summed E-state index contributed by atoms with van der Waals surface area (Å²) in [6, 6.07) is 20.3. The van der Waals surface area contributed by atoms with Crippen molar-refractivity contribution in [3.63, 3.8) is 0 Å². The van der Waals surface area contributed by atoms with Crippen LogP contribution in [0.5, 0.6) is 0 Å². The topological polar surface area (TPSA) is 104 Å². The summed E-state index contributed by atoms with van der Waals surface area (Å²) >= 11 is 1.18. The fraction of sp³-hybridized carbons (Fsp3) is 0.0909. The van der Waals surface area contributed by atoms with Gasteiger partial charge in [0.25, 0.3) is 11.4 Å². The van der Waals surface area contributed by atoms with Crippen LogP contribution in [0.1, 0.15) is 21.3 Å². The minimum Gasteiger partial charge on any atom is -0.452 e. The molecule has 0 N–H and O–H groups in total. The molecule has 2 aromatic carbocycles. The third-order valence-electron chi connectivity index (χ3n) is 4.56. The van der Waals surface area contributed by atoms with Gasteiger partial charge in [-0.05, 0) is 19.1 Å². The number of rotatable bonds is 5. The van der Waals surface area contributed by atoms with Crippen molar-refractivity contribution >= 4 is 22.3 Å². The van der Waals surface area contributed by atoms with Gasteiger partial charge < -0.3 is 4.74 Å². The largest absolute Gasteiger partial charge is 0.452 e. The van der Waals surface area contributed by atoms with Crippen molar-refractivity contribution in [2.24, 2.45) is 0 Å². The Labute approximate surface area is 185 Å². The molecule has 32 heavy (non-hydrogen) atoms. The summed E-state index contributed by atoms with van der Waals surface area (Å²) in [5.74, 6) is -0.234. The van der Waals surface area contributed by atoms with Crippen LogP contribution in [0, 0.1) is 6.92 Å². The molecule has 0 fully saturated rings. The molecule has 158 valence electrons. The highest BCUT2D eigenvalue weighted by molar-refractivity contribution is 7.16. The molecule has 3 heterocycles. The normalized spacial score (nSPS) is 11.0. The Bertz CT molecular complexity index is 1420. The van der Waals surface area contributed by atoms with E-state index in [1.807, 2.05) is 60.7 Å². The van der Waals surface area contributed by atoms with Gasteiger partial charge in [-0.3, -0.25) is 4.79 Å². The Morgan fingerprint density at radius 1 is 1.00 bits per heavy atom.